The molecule has 1 amide bonds. The van der Waals surface area contributed by atoms with Crippen LogP contribution in [0.1, 0.15) is 10.4 Å². The van der Waals surface area contributed by atoms with Gasteiger partial charge in [-0.15, -0.1) is 0 Å². The quantitative estimate of drug-likeness (QED) is 0.789. The lowest BCUT2D eigenvalue weighted by Gasteiger charge is -2.14. The van der Waals surface area contributed by atoms with E-state index in [9.17, 15) is 18.7 Å². The van der Waals surface area contributed by atoms with E-state index < -0.39 is 25.0 Å². The molecule has 3 N–H and O–H groups in total. The first-order chi connectivity index (χ1) is 7.85. The molecular formula is C10H10BrF2NO3. The molecule has 7 heteroatoms. The van der Waals surface area contributed by atoms with Gasteiger partial charge in [-0.3, -0.25) is 4.79 Å². The van der Waals surface area contributed by atoms with Gasteiger partial charge < -0.3 is 15.5 Å². The molecule has 0 radical (unpaired) electrons. The Morgan fingerprint density at radius 2 is 2.12 bits per heavy atom. The molecule has 0 atom stereocenters. The van der Waals surface area contributed by atoms with E-state index in [0.29, 0.717) is 4.47 Å². The smallest absolute Gasteiger partial charge is 0.287 e. The number of hydrogen-bond donors (Lipinski definition) is 3. The van der Waals surface area contributed by atoms with E-state index in [2.05, 4.69) is 15.9 Å². The lowest BCUT2D eigenvalue weighted by atomic mass is 10.2. The molecule has 0 spiro atoms. The maximum atomic E-state index is 12.7. The van der Waals surface area contributed by atoms with E-state index in [1.165, 1.54) is 12.1 Å². The van der Waals surface area contributed by atoms with Gasteiger partial charge in [0.15, 0.2) is 0 Å². The summed E-state index contributed by atoms with van der Waals surface area (Å²) in [6.07, 6.45) is 0. The van der Waals surface area contributed by atoms with E-state index in [0.717, 1.165) is 6.07 Å². The third kappa shape index (κ3) is 3.94. The Labute approximate surface area is 104 Å². The lowest BCUT2D eigenvalue weighted by molar-refractivity contribution is -0.0462. The summed E-state index contributed by atoms with van der Waals surface area (Å²) in [5.41, 5.74) is 0.0550. The van der Waals surface area contributed by atoms with Crippen molar-refractivity contribution in [2.45, 2.75) is 5.92 Å². The average Bonchev–Trinajstić information content (AvgIpc) is 2.30. The number of halogens is 3. The first kappa shape index (κ1) is 13.9. The topological polar surface area (TPSA) is 69.6 Å². The molecule has 0 aliphatic heterocycles. The van der Waals surface area contributed by atoms with Crippen LogP contribution in [0.3, 0.4) is 0 Å². The lowest BCUT2D eigenvalue weighted by Crippen LogP contribution is -2.38. The minimum atomic E-state index is -3.35. The van der Waals surface area contributed by atoms with E-state index in [1.54, 1.807) is 0 Å². The van der Waals surface area contributed by atoms with Crippen LogP contribution in [0.5, 0.6) is 5.75 Å². The van der Waals surface area contributed by atoms with E-state index >= 15 is 0 Å². The second-order valence-corrected chi connectivity index (χ2v) is 4.22. The number of aliphatic hydroxyl groups is 1. The van der Waals surface area contributed by atoms with Gasteiger partial charge in [0.2, 0.25) is 0 Å². The maximum Gasteiger partial charge on any atom is 0.287 e. The van der Waals surface area contributed by atoms with Crippen molar-refractivity contribution in [3.63, 3.8) is 0 Å². The van der Waals surface area contributed by atoms with Crippen LogP contribution in [-0.2, 0) is 0 Å². The monoisotopic (exact) mass is 309 g/mol. The fraction of sp³-hybridized carbons (Fsp3) is 0.300. The molecule has 0 saturated heterocycles. The summed E-state index contributed by atoms with van der Waals surface area (Å²) >= 11 is 3.03. The van der Waals surface area contributed by atoms with Crippen molar-refractivity contribution >= 4 is 21.8 Å². The number of nitrogens with one attached hydrogen (secondary N) is 1. The summed E-state index contributed by atoms with van der Waals surface area (Å²) < 4.78 is 25.7. The second-order valence-electron chi connectivity index (χ2n) is 3.36. The summed E-state index contributed by atoms with van der Waals surface area (Å²) in [7, 11) is 0. The number of carbonyl (C=O) groups excluding carboxylic acids is 1. The molecule has 0 unspecified atom stereocenters. The molecule has 0 aliphatic carbocycles. The third-order valence-electron chi connectivity index (χ3n) is 1.95. The minimum Gasteiger partial charge on any atom is -0.507 e. The van der Waals surface area contributed by atoms with Crippen LogP contribution in [0.2, 0.25) is 0 Å². The van der Waals surface area contributed by atoms with Crippen LogP contribution in [0.15, 0.2) is 22.7 Å². The summed E-state index contributed by atoms with van der Waals surface area (Å²) in [6.45, 7) is -2.29. The van der Waals surface area contributed by atoms with Crippen LogP contribution < -0.4 is 5.32 Å². The number of aliphatic hydroxyl groups excluding tert-OH is 1. The maximum absolute atomic E-state index is 12.7. The van der Waals surface area contributed by atoms with E-state index in [4.69, 9.17) is 5.11 Å². The zero-order valence-electron chi connectivity index (χ0n) is 8.58. The Kier molecular flexibility index (Phi) is 4.41. The van der Waals surface area contributed by atoms with E-state index in [1.807, 2.05) is 5.32 Å². The standard InChI is InChI=1S/C10H10BrF2NO3/c11-7-2-1-6(3-8(7)16)9(17)14-4-10(12,13)5-15/h1-3,15-16H,4-5H2,(H,14,17). The molecule has 1 aromatic rings. The first-order valence-electron chi connectivity index (χ1n) is 4.61. The highest BCUT2D eigenvalue weighted by Crippen LogP contribution is 2.24. The van der Waals surface area contributed by atoms with Gasteiger partial charge in [-0.2, -0.15) is 0 Å². The third-order valence-corrected chi connectivity index (χ3v) is 2.62. The average molecular weight is 310 g/mol. The number of phenolic OH excluding ortho intramolecular Hbond substituents is 1. The van der Waals surface area contributed by atoms with Crippen molar-refractivity contribution in [1.29, 1.82) is 0 Å². The molecule has 1 aromatic carbocycles. The molecule has 0 fully saturated rings. The predicted octanol–water partition coefficient (Wildman–Crippen LogP) is 1.51. The van der Waals surface area contributed by atoms with Crippen LogP contribution in [0.4, 0.5) is 8.78 Å². The Balaban J connectivity index is 2.68. The van der Waals surface area contributed by atoms with Crippen molar-refractivity contribution in [2.24, 2.45) is 0 Å². The summed E-state index contributed by atoms with van der Waals surface area (Å²) in [6, 6.07) is 3.95. The zero-order valence-corrected chi connectivity index (χ0v) is 10.2. The molecule has 0 heterocycles. The summed E-state index contributed by atoms with van der Waals surface area (Å²) in [4.78, 5) is 11.4. The van der Waals surface area contributed by atoms with Crippen molar-refractivity contribution in [3.8, 4) is 5.75 Å². The molecule has 0 saturated carbocycles. The molecule has 4 nitrogen and oxygen atoms in total. The van der Waals surface area contributed by atoms with Crippen molar-refractivity contribution in [1.82, 2.24) is 5.32 Å². The van der Waals surface area contributed by atoms with Crippen LogP contribution in [0, 0.1) is 0 Å². The van der Waals surface area contributed by atoms with Gasteiger partial charge >= 0.3 is 0 Å². The van der Waals surface area contributed by atoms with Gasteiger partial charge in [-0.1, -0.05) is 0 Å². The zero-order chi connectivity index (χ0) is 13.1. The highest BCUT2D eigenvalue weighted by Gasteiger charge is 2.28. The number of benzene rings is 1. The molecule has 1 rings (SSSR count). The van der Waals surface area contributed by atoms with Crippen molar-refractivity contribution < 1.29 is 23.8 Å². The van der Waals surface area contributed by atoms with Gasteiger partial charge in [0.25, 0.3) is 11.8 Å². The number of phenols is 1. The Morgan fingerprint density at radius 1 is 1.47 bits per heavy atom. The van der Waals surface area contributed by atoms with Gasteiger partial charge in [0.05, 0.1) is 11.0 Å². The molecule has 94 valence electrons. The van der Waals surface area contributed by atoms with Crippen LogP contribution >= 0.6 is 15.9 Å². The Bertz CT molecular complexity index is 426. The SMILES string of the molecule is O=C(NCC(F)(F)CO)c1ccc(Br)c(O)c1. The molecule has 0 aromatic heterocycles. The van der Waals surface area contributed by atoms with Gasteiger partial charge in [0.1, 0.15) is 12.4 Å². The first-order valence-corrected chi connectivity index (χ1v) is 5.40. The fourth-order valence-electron chi connectivity index (χ4n) is 1.02. The fourth-order valence-corrected chi connectivity index (χ4v) is 1.27. The molecule has 0 bridgehead atoms. The summed E-state index contributed by atoms with van der Waals surface area (Å²) in [5, 5.41) is 19.6. The predicted molar refractivity (Wildman–Crippen MR) is 60.2 cm³/mol. The number of alkyl halides is 2. The van der Waals surface area contributed by atoms with Gasteiger partial charge in [-0.05, 0) is 34.1 Å². The van der Waals surface area contributed by atoms with Crippen LogP contribution in [0.25, 0.3) is 0 Å². The largest absolute Gasteiger partial charge is 0.507 e. The normalized spacial score (nSPS) is 11.3. The number of hydrogen-bond acceptors (Lipinski definition) is 3. The highest BCUT2D eigenvalue weighted by atomic mass is 79.9. The number of amides is 1. The number of rotatable bonds is 4. The number of aromatic hydroxyl groups is 1. The molecule has 17 heavy (non-hydrogen) atoms. The van der Waals surface area contributed by atoms with Crippen molar-refractivity contribution in [2.75, 3.05) is 13.2 Å². The van der Waals surface area contributed by atoms with Crippen LogP contribution in [-0.4, -0.2) is 35.2 Å². The summed E-state index contributed by atoms with van der Waals surface area (Å²) in [5.74, 6) is -4.26. The highest BCUT2D eigenvalue weighted by molar-refractivity contribution is 9.10. The van der Waals surface area contributed by atoms with Gasteiger partial charge in [-0.25, -0.2) is 8.78 Å². The Morgan fingerprint density at radius 3 is 2.65 bits per heavy atom. The number of carbonyl (C=O) groups is 1. The van der Waals surface area contributed by atoms with Gasteiger partial charge in [0, 0.05) is 5.56 Å². The van der Waals surface area contributed by atoms with E-state index in [-0.39, 0.29) is 11.3 Å². The second kappa shape index (κ2) is 5.42. The minimum absolute atomic E-state index is 0.0550. The molecular weight excluding hydrogens is 300 g/mol. The molecule has 0 aliphatic rings. The Hall–Kier alpha value is -1.21. The van der Waals surface area contributed by atoms with Crippen molar-refractivity contribution in [3.05, 3.63) is 28.2 Å².